The molecule has 0 radical (unpaired) electrons. The van der Waals surface area contributed by atoms with Gasteiger partial charge in [-0.25, -0.2) is 0 Å². The fourth-order valence-electron chi connectivity index (χ4n) is 2.55. The molecule has 0 saturated heterocycles. The maximum Gasteiger partial charge on any atom is 0.0570 e. The van der Waals surface area contributed by atoms with E-state index >= 15 is 0 Å². The van der Waals surface area contributed by atoms with E-state index in [1.54, 1.807) is 0 Å². The Balaban J connectivity index is 2.00. The average Bonchev–Trinajstić information content (AvgIpc) is 2.53. The first-order valence-electron chi connectivity index (χ1n) is 7.95. The van der Waals surface area contributed by atoms with Gasteiger partial charge < -0.3 is 11.1 Å². The van der Waals surface area contributed by atoms with Crippen molar-refractivity contribution in [3.8, 4) is 0 Å². The number of nitrogens with two attached hydrogens (primary N) is 1. The minimum Gasteiger partial charge on any atom is -0.330 e. The van der Waals surface area contributed by atoms with Crippen molar-refractivity contribution in [2.45, 2.75) is 45.7 Å². The summed E-state index contributed by atoms with van der Waals surface area (Å²) in [7, 11) is 0. The van der Waals surface area contributed by atoms with Gasteiger partial charge in [0.25, 0.3) is 0 Å². The molecular weight excluding hydrogens is 272 g/mol. The smallest absolute Gasteiger partial charge is 0.0570 e. The highest BCUT2D eigenvalue weighted by molar-refractivity contribution is 5.19. The van der Waals surface area contributed by atoms with Crippen LogP contribution in [-0.2, 0) is 13.0 Å². The molecular formula is C18H26N4. The number of rotatable bonds is 8. The van der Waals surface area contributed by atoms with Crippen molar-refractivity contribution in [3.05, 3.63) is 59.2 Å². The van der Waals surface area contributed by atoms with Gasteiger partial charge in [-0.15, -0.1) is 0 Å². The first-order chi connectivity index (χ1) is 10.7. The maximum absolute atomic E-state index is 5.68. The van der Waals surface area contributed by atoms with E-state index in [9.17, 15) is 0 Å². The standard InChI is InChI=1S/C18H26N4/c1-14-6-4-10-20-17(14)12-16(8-3-9-19)22-13-18-15(2)7-5-11-21-18/h4-7,10-11,16,22H,3,8-9,12-13,19H2,1-2H3. The average molecular weight is 298 g/mol. The molecule has 0 fully saturated rings. The van der Waals surface area contributed by atoms with E-state index in [4.69, 9.17) is 5.73 Å². The van der Waals surface area contributed by atoms with Gasteiger partial charge in [0.15, 0.2) is 0 Å². The molecule has 1 atom stereocenters. The lowest BCUT2D eigenvalue weighted by atomic mass is 10.0. The molecule has 2 rings (SSSR count). The van der Waals surface area contributed by atoms with E-state index in [2.05, 4.69) is 41.3 Å². The molecule has 0 spiro atoms. The summed E-state index contributed by atoms with van der Waals surface area (Å²) in [6, 6.07) is 8.55. The fourth-order valence-corrected chi connectivity index (χ4v) is 2.55. The van der Waals surface area contributed by atoms with Gasteiger partial charge in [-0.1, -0.05) is 12.1 Å². The zero-order chi connectivity index (χ0) is 15.8. The molecule has 0 aromatic carbocycles. The molecule has 2 heterocycles. The summed E-state index contributed by atoms with van der Waals surface area (Å²) in [6.45, 7) is 5.73. The van der Waals surface area contributed by atoms with Crippen molar-refractivity contribution in [2.75, 3.05) is 6.54 Å². The minimum absolute atomic E-state index is 0.374. The Hall–Kier alpha value is -1.78. The highest BCUT2D eigenvalue weighted by Gasteiger charge is 2.12. The van der Waals surface area contributed by atoms with E-state index in [0.717, 1.165) is 43.7 Å². The molecule has 0 amide bonds. The number of pyridine rings is 2. The second-order valence-electron chi connectivity index (χ2n) is 5.75. The molecule has 4 nitrogen and oxygen atoms in total. The highest BCUT2D eigenvalue weighted by Crippen LogP contribution is 2.11. The van der Waals surface area contributed by atoms with Crippen LogP contribution in [0.5, 0.6) is 0 Å². The van der Waals surface area contributed by atoms with Gasteiger partial charge in [-0.2, -0.15) is 0 Å². The Bertz CT molecular complexity index is 583. The van der Waals surface area contributed by atoms with Crippen LogP contribution in [0.3, 0.4) is 0 Å². The number of nitrogens with zero attached hydrogens (tertiary/aromatic N) is 2. The van der Waals surface area contributed by atoms with Gasteiger partial charge >= 0.3 is 0 Å². The summed E-state index contributed by atoms with van der Waals surface area (Å²) < 4.78 is 0. The molecule has 22 heavy (non-hydrogen) atoms. The van der Waals surface area contributed by atoms with Crippen LogP contribution in [0, 0.1) is 13.8 Å². The summed E-state index contributed by atoms with van der Waals surface area (Å²) in [5.41, 5.74) is 10.4. The first kappa shape index (κ1) is 16.6. The normalized spacial score (nSPS) is 12.3. The Kier molecular flexibility index (Phi) is 6.49. The van der Waals surface area contributed by atoms with Gasteiger partial charge in [0.2, 0.25) is 0 Å². The summed E-state index contributed by atoms with van der Waals surface area (Å²) in [5.74, 6) is 0. The zero-order valence-electron chi connectivity index (χ0n) is 13.5. The number of nitrogens with one attached hydrogen (secondary N) is 1. The van der Waals surface area contributed by atoms with Crippen molar-refractivity contribution in [1.29, 1.82) is 0 Å². The van der Waals surface area contributed by atoms with Crippen LogP contribution in [0.1, 0.15) is 35.4 Å². The molecule has 0 saturated carbocycles. The summed E-state index contributed by atoms with van der Waals surface area (Å²) in [6.07, 6.45) is 6.72. The first-order valence-corrected chi connectivity index (χ1v) is 7.95. The van der Waals surface area contributed by atoms with Gasteiger partial charge in [-0.3, -0.25) is 9.97 Å². The lowest BCUT2D eigenvalue weighted by Crippen LogP contribution is -2.32. The van der Waals surface area contributed by atoms with Crippen molar-refractivity contribution in [3.63, 3.8) is 0 Å². The van der Waals surface area contributed by atoms with Crippen LogP contribution in [-0.4, -0.2) is 22.6 Å². The van der Waals surface area contributed by atoms with Crippen LogP contribution >= 0.6 is 0 Å². The number of hydrogen-bond acceptors (Lipinski definition) is 4. The largest absolute Gasteiger partial charge is 0.330 e. The van der Waals surface area contributed by atoms with Gasteiger partial charge in [0.05, 0.1) is 5.69 Å². The van der Waals surface area contributed by atoms with Crippen molar-refractivity contribution in [2.24, 2.45) is 5.73 Å². The van der Waals surface area contributed by atoms with E-state index < -0.39 is 0 Å². The topological polar surface area (TPSA) is 63.8 Å². The van der Waals surface area contributed by atoms with Gasteiger partial charge in [-0.05, 0) is 56.5 Å². The molecule has 2 aromatic heterocycles. The Morgan fingerprint density at radius 2 is 1.68 bits per heavy atom. The molecule has 0 aliphatic heterocycles. The Morgan fingerprint density at radius 3 is 2.27 bits per heavy atom. The Morgan fingerprint density at radius 1 is 1.05 bits per heavy atom. The monoisotopic (exact) mass is 298 g/mol. The maximum atomic E-state index is 5.68. The van der Waals surface area contributed by atoms with Crippen LogP contribution in [0.2, 0.25) is 0 Å². The second-order valence-corrected chi connectivity index (χ2v) is 5.75. The third-order valence-electron chi connectivity index (χ3n) is 3.99. The van der Waals surface area contributed by atoms with Crippen LogP contribution in [0.4, 0.5) is 0 Å². The van der Waals surface area contributed by atoms with E-state index in [0.29, 0.717) is 6.04 Å². The highest BCUT2D eigenvalue weighted by atomic mass is 14.9. The molecule has 1 unspecified atom stereocenters. The van der Waals surface area contributed by atoms with Crippen LogP contribution in [0.25, 0.3) is 0 Å². The van der Waals surface area contributed by atoms with E-state index in [1.165, 1.54) is 11.1 Å². The van der Waals surface area contributed by atoms with E-state index in [1.807, 2.05) is 24.5 Å². The lowest BCUT2D eigenvalue weighted by Gasteiger charge is -2.19. The predicted octanol–water partition coefficient (Wildman–Crippen LogP) is 2.53. The van der Waals surface area contributed by atoms with Crippen LogP contribution < -0.4 is 11.1 Å². The van der Waals surface area contributed by atoms with Crippen LogP contribution in [0.15, 0.2) is 36.7 Å². The number of hydrogen-bond donors (Lipinski definition) is 2. The van der Waals surface area contributed by atoms with Crippen molar-refractivity contribution >= 4 is 0 Å². The second kappa shape index (κ2) is 8.61. The number of aryl methyl sites for hydroxylation is 2. The molecule has 4 heteroatoms. The van der Waals surface area contributed by atoms with Gasteiger partial charge in [0.1, 0.15) is 0 Å². The molecule has 0 aliphatic carbocycles. The molecule has 118 valence electrons. The van der Waals surface area contributed by atoms with Crippen molar-refractivity contribution in [1.82, 2.24) is 15.3 Å². The SMILES string of the molecule is Cc1cccnc1CNC(CCCN)Cc1ncccc1C. The minimum atomic E-state index is 0.374. The van der Waals surface area contributed by atoms with Gasteiger partial charge in [0, 0.05) is 37.1 Å². The summed E-state index contributed by atoms with van der Waals surface area (Å²) in [5, 5.41) is 3.63. The number of aromatic nitrogens is 2. The Labute approximate surface area is 133 Å². The van der Waals surface area contributed by atoms with E-state index in [-0.39, 0.29) is 0 Å². The quantitative estimate of drug-likeness (QED) is 0.786. The fraction of sp³-hybridized carbons (Fsp3) is 0.444. The molecule has 2 aromatic rings. The molecule has 0 aliphatic rings. The third-order valence-corrected chi connectivity index (χ3v) is 3.99. The predicted molar refractivity (Wildman–Crippen MR) is 90.6 cm³/mol. The third kappa shape index (κ3) is 4.90. The summed E-state index contributed by atoms with van der Waals surface area (Å²) in [4.78, 5) is 8.96. The molecule has 3 N–H and O–H groups in total. The zero-order valence-corrected chi connectivity index (χ0v) is 13.5. The summed E-state index contributed by atoms with van der Waals surface area (Å²) >= 11 is 0. The van der Waals surface area contributed by atoms with Crippen molar-refractivity contribution < 1.29 is 0 Å². The lowest BCUT2D eigenvalue weighted by molar-refractivity contribution is 0.458. The molecule has 0 bridgehead atoms.